The fourth-order valence-electron chi connectivity index (χ4n) is 2.73. The molecule has 1 N–H and O–H groups in total. The Balaban J connectivity index is 1.42. The van der Waals surface area contributed by atoms with Crippen LogP contribution < -0.4 is 5.32 Å². The van der Waals surface area contributed by atoms with Gasteiger partial charge in [-0.1, -0.05) is 23.4 Å². The third kappa shape index (κ3) is 3.55. The molecular formula is C19H14F2N4O2. The van der Waals surface area contributed by atoms with Crippen molar-refractivity contribution in [2.24, 2.45) is 5.16 Å². The van der Waals surface area contributed by atoms with Crippen molar-refractivity contribution in [1.29, 1.82) is 0 Å². The van der Waals surface area contributed by atoms with E-state index in [9.17, 15) is 13.6 Å². The van der Waals surface area contributed by atoms with Crippen molar-refractivity contribution in [3.8, 4) is 5.69 Å². The summed E-state index contributed by atoms with van der Waals surface area (Å²) in [4.78, 5) is 17.5. The summed E-state index contributed by atoms with van der Waals surface area (Å²) in [6.45, 7) is 0. The molecule has 27 heavy (non-hydrogen) atoms. The number of halogens is 2. The van der Waals surface area contributed by atoms with E-state index in [0.717, 1.165) is 23.9 Å². The average Bonchev–Trinajstić information content (AvgIpc) is 3.34. The zero-order valence-electron chi connectivity index (χ0n) is 14.0. The van der Waals surface area contributed by atoms with Crippen LogP contribution in [0.4, 0.5) is 14.5 Å². The van der Waals surface area contributed by atoms with Crippen LogP contribution in [0, 0.1) is 11.6 Å². The highest BCUT2D eigenvalue weighted by atomic mass is 19.1. The molecule has 8 heteroatoms. The number of carbonyl (C=O) groups excluding carboxylic acids is 1. The number of carbonyl (C=O) groups is 1. The summed E-state index contributed by atoms with van der Waals surface area (Å²) in [5.41, 5.74) is 1.51. The number of benzene rings is 2. The van der Waals surface area contributed by atoms with Crippen LogP contribution in [0.15, 0.2) is 66.1 Å². The average molecular weight is 368 g/mol. The van der Waals surface area contributed by atoms with Crippen LogP contribution in [-0.2, 0) is 9.63 Å². The lowest BCUT2D eigenvalue weighted by atomic mass is 10.0. The lowest BCUT2D eigenvalue weighted by Gasteiger charge is -2.07. The van der Waals surface area contributed by atoms with E-state index in [-0.39, 0.29) is 17.7 Å². The Morgan fingerprint density at radius 2 is 2.00 bits per heavy atom. The van der Waals surface area contributed by atoms with Crippen molar-refractivity contribution >= 4 is 17.3 Å². The third-order valence-corrected chi connectivity index (χ3v) is 4.07. The van der Waals surface area contributed by atoms with Gasteiger partial charge in [0.25, 0.3) is 5.91 Å². The predicted octanol–water partition coefficient (Wildman–Crippen LogP) is 3.28. The molecule has 1 unspecified atom stereocenters. The lowest BCUT2D eigenvalue weighted by molar-refractivity contribution is -0.125. The van der Waals surface area contributed by atoms with Gasteiger partial charge in [-0.05, 0) is 30.3 Å². The number of oxime groups is 1. The van der Waals surface area contributed by atoms with Crippen molar-refractivity contribution in [2.75, 3.05) is 5.32 Å². The van der Waals surface area contributed by atoms with Gasteiger partial charge >= 0.3 is 0 Å². The first-order chi connectivity index (χ1) is 13.1. The van der Waals surface area contributed by atoms with E-state index >= 15 is 0 Å². The number of amides is 1. The minimum Gasteiger partial charge on any atom is -0.382 e. The number of para-hydroxylation sites is 1. The van der Waals surface area contributed by atoms with Crippen molar-refractivity contribution in [3.05, 3.63) is 78.1 Å². The minimum absolute atomic E-state index is 0.0119. The van der Waals surface area contributed by atoms with E-state index in [1.54, 1.807) is 10.9 Å². The van der Waals surface area contributed by atoms with Gasteiger partial charge in [0.15, 0.2) is 0 Å². The topological polar surface area (TPSA) is 68.5 Å². The molecule has 1 aromatic heterocycles. The maximum Gasteiger partial charge on any atom is 0.268 e. The summed E-state index contributed by atoms with van der Waals surface area (Å²) in [5.74, 6) is -1.66. The van der Waals surface area contributed by atoms with Gasteiger partial charge in [0.05, 0.1) is 29.5 Å². The zero-order valence-corrected chi connectivity index (χ0v) is 14.0. The summed E-state index contributed by atoms with van der Waals surface area (Å²) < 4.78 is 28.8. The quantitative estimate of drug-likeness (QED) is 0.768. The minimum atomic E-state index is -0.928. The normalized spacial score (nSPS) is 15.9. The number of anilines is 1. The Morgan fingerprint density at radius 3 is 2.81 bits per heavy atom. The van der Waals surface area contributed by atoms with E-state index in [0.29, 0.717) is 5.69 Å². The highest BCUT2D eigenvalue weighted by molar-refractivity contribution is 6.06. The maximum atomic E-state index is 13.8. The molecule has 1 atom stereocenters. The number of aromatic nitrogens is 2. The van der Waals surface area contributed by atoms with Crippen LogP contribution in [0.1, 0.15) is 12.0 Å². The second-order valence-electron chi connectivity index (χ2n) is 5.96. The Labute approximate surface area is 153 Å². The monoisotopic (exact) mass is 368 g/mol. The van der Waals surface area contributed by atoms with Crippen LogP contribution in [0.2, 0.25) is 0 Å². The molecule has 1 aliphatic heterocycles. The second kappa shape index (κ2) is 6.99. The molecule has 2 heterocycles. The fourth-order valence-corrected chi connectivity index (χ4v) is 2.73. The molecule has 0 saturated heterocycles. The Kier molecular flexibility index (Phi) is 4.37. The van der Waals surface area contributed by atoms with Gasteiger partial charge in [0.1, 0.15) is 11.6 Å². The van der Waals surface area contributed by atoms with Gasteiger partial charge in [0.2, 0.25) is 6.10 Å². The molecule has 0 fully saturated rings. The van der Waals surface area contributed by atoms with Gasteiger partial charge in [0, 0.05) is 12.0 Å². The Hall–Kier alpha value is -3.55. The van der Waals surface area contributed by atoms with E-state index in [1.165, 1.54) is 6.20 Å². The van der Waals surface area contributed by atoms with Gasteiger partial charge in [-0.3, -0.25) is 4.79 Å². The van der Waals surface area contributed by atoms with Crippen LogP contribution in [-0.4, -0.2) is 27.5 Å². The highest BCUT2D eigenvalue weighted by Crippen LogP contribution is 2.21. The van der Waals surface area contributed by atoms with Crippen LogP contribution >= 0.6 is 0 Å². The maximum absolute atomic E-state index is 13.8. The van der Waals surface area contributed by atoms with Crippen molar-refractivity contribution in [2.45, 2.75) is 12.5 Å². The molecular weight excluding hydrogens is 354 g/mol. The molecule has 6 nitrogen and oxygen atoms in total. The van der Waals surface area contributed by atoms with Crippen LogP contribution in [0.5, 0.6) is 0 Å². The molecule has 0 radical (unpaired) electrons. The summed E-state index contributed by atoms with van der Waals surface area (Å²) in [6, 6.07) is 12.5. The van der Waals surface area contributed by atoms with Crippen LogP contribution in [0.25, 0.3) is 5.69 Å². The van der Waals surface area contributed by atoms with E-state index in [1.807, 2.05) is 30.3 Å². The molecule has 3 aromatic rings. The van der Waals surface area contributed by atoms with E-state index < -0.39 is 23.6 Å². The molecule has 2 aromatic carbocycles. The van der Waals surface area contributed by atoms with Gasteiger partial charge in [-0.15, -0.1) is 0 Å². The largest absolute Gasteiger partial charge is 0.382 e. The molecule has 0 saturated carbocycles. The zero-order chi connectivity index (χ0) is 18.8. The fraction of sp³-hybridized carbons (Fsp3) is 0.105. The smallest absolute Gasteiger partial charge is 0.268 e. The SMILES string of the molecule is O=C(Nc1cnn(-c2ccccc2)c1)C1CC(c2cc(F)ccc2F)=NO1. The summed E-state index contributed by atoms with van der Waals surface area (Å²) in [5, 5.41) is 10.6. The Morgan fingerprint density at radius 1 is 1.19 bits per heavy atom. The number of rotatable bonds is 4. The summed E-state index contributed by atoms with van der Waals surface area (Å²) in [6.07, 6.45) is 2.28. The van der Waals surface area contributed by atoms with Crippen molar-refractivity contribution in [3.63, 3.8) is 0 Å². The van der Waals surface area contributed by atoms with E-state index in [2.05, 4.69) is 15.6 Å². The summed E-state index contributed by atoms with van der Waals surface area (Å²) >= 11 is 0. The number of hydrogen-bond acceptors (Lipinski definition) is 4. The first-order valence-corrected chi connectivity index (χ1v) is 8.19. The molecule has 1 aliphatic rings. The molecule has 136 valence electrons. The highest BCUT2D eigenvalue weighted by Gasteiger charge is 2.30. The first-order valence-electron chi connectivity index (χ1n) is 8.19. The number of nitrogens with one attached hydrogen (secondary N) is 1. The lowest BCUT2D eigenvalue weighted by Crippen LogP contribution is -2.28. The van der Waals surface area contributed by atoms with Crippen LogP contribution in [0.3, 0.4) is 0 Å². The molecule has 0 aliphatic carbocycles. The molecule has 1 amide bonds. The molecule has 0 spiro atoms. The molecule has 4 rings (SSSR count). The number of nitrogens with zero attached hydrogens (tertiary/aromatic N) is 3. The van der Waals surface area contributed by atoms with Gasteiger partial charge in [-0.25, -0.2) is 13.5 Å². The predicted molar refractivity (Wildman–Crippen MR) is 94.6 cm³/mol. The van der Waals surface area contributed by atoms with Crippen molar-refractivity contribution in [1.82, 2.24) is 9.78 Å². The Bertz CT molecular complexity index is 1020. The standard InChI is InChI=1S/C19H14F2N4O2/c20-12-6-7-16(21)15(8-12)17-9-18(27-24-17)19(26)23-13-10-22-25(11-13)14-4-2-1-3-5-14/h1-8,10-11,18H,9H2,(H,23,26). The summed E-state index contributed by atoms with van der Waals surface area (Å²) in [7, 11) is 0. The van der Waals surface area contributed by atoms with E-state index in [4.69, 9.17) is 4.84 Å². The molecule has 0 bridgehead atoms. The van der Waals surface area contributed by atoms with Gasteiger partial charge in [-0.2, -0.15) is 5.10 Å². The first kappa shape index (κ1) is 16.9. The third-order valence-electron chi connectivity index (χ3n) is 4.07. The second-order valence-corrected chi connectivity index (χ2v) is 5.96. The van der Waals surface area contributed by atoms with Gasteiger partial charge < -0.3 is 10.2 Å². The van der Waals surface area contributed by atoms with Crippen molar-refractivity contribution < 1.29 is 18.4 Å². The number of hydrogen-bond donors (Lipinski definition) is 1.